The highest BCUT2D eigenvalue weighted by Gasteiger charge is 2.18. The zero-order chi connectivity index (χ0) is 14.1. The molecule has 1 unspecified atom stereocenters. The van der Waals surface area contributed by atoms with Crippen molar-refractivity contribution in [1.29, 1.82) is 0 Å². The quantitative estimate of drug-likeness (QED) is 0.872. The Balaban J connectivity index is 1.88. The minimum Gasteiger partial charge on any atom is -0.331 e. The van der Waals surface area contributed by atoms with Crippen molar-refractivity contribution in [2.24, 2.45) is 0 Å². The van der Waals surface area contributed by atoms with Crippen LogP contribution in [0.1, 0.15) is 26.2 Å². The van der Waals surface area contributed by atoms with Crippen LogP contribution in [0.3, 0.4) is 0 Å². The lowest BCUT2D eigenvalue weighted by Gasteiger charge is -2.32. The van der Waals surface area contributed by atoms with Gasteiger partial charge in [0.15, 0.2) is 4.77 Å². The van der Waals surface area contributed by atoms with Gasteiger partial charge in [-0.15, -0.1) is 0 Å². The number of aromatic amines is 1. The average Bonchev–Trinajstić information content (AvgIpc) is 2.76. The summed E-state index contributed by atoms with van der Waals surface area (Å²) in [6, 6.07) is 5.20. The summed E-state index contributed by atoms with van der Waals surface area (Å²) >= 11 is 5.38. The Kier molecular flexibility index (Phi) is 3.89. The number of benzene rings is 1. The number of hydrogen-bond acceptors (Lipinski definition) is 2. The van der Waals surface area contributed by atoms with Gasteiger partial charge >= 0.3 is 0 Å². The number of piperidine rings is 1. The first-order valence-electron chi connectivity index (χ1n) is 7.27. The molecule has 1 aromatic carbocycles. The van der Waals surface area contributed by atoms with E-state index in [1.54, 1.807) is 12.1 Å². The fourth-order valence-corrected chi connectivity index (χ4v) is 3.33. The number of likely N-dealkylation sites (tertiary alicyclic amines) is 1. The molecular weight excluding hydrogens is 273 g/mol. The van der Waals surface area contributed by atoms with Crippen LogP contribution in [0, 0.1) is 10.6 Å². The molecule has 1 aliphatic heterocycles. The van der Waals surface area contributed by atoms with Crippen LogP contribution in [0.25, 0.3) is 11.0 Å². The maximum Gasteiger partial charge on any atom is 0.178 e. The molecule has 20 heavy (non-hydrogen) atoms. The van der Waals surface area contributed by atoms with E-state index >= 15 is 0 Å². The van der Waals surface area contributed by atoms with Gasteiger partial charge in [0.05, 0.1) is 11.0 Å². The lowest BCUT2D eigenvalue weighted by Crippen LogP contribution is -2.39. The number of fused-ring (bicyclic) bond motifs is 1. The molecule has 1 fully saturated rings. The molecule has 1 aliphatic rings. The van der Waals surface area contributed by atoms with E-state index in [1.807, 2.05) is 4.57 Å². The Labute approximate surface area is 123 Å². The molecule has 3 nitrogen and oxygen atoms in total. The Morgan fingerprint density at radius 1 is 1.30 bits per heavy atom. The largest absolute Gasteiger partial charge is 0.331 e. The molecule has 0 spiro atoms. The molecule has 0 bridgehead atoms. The Hall–Kier alpha value is -1.20. The third-order valence-corrected chi connectivity index (χ3v) is 4.52. The van der Waals surface area contributed by atoms with E-state index in [0.29, 0.717) is 10.8 Å². The molecule has 1 saturated heterocycles. The highest BCUT2D eigenvalue weighted by molar-refractivity contribution is 7.71. The number of hydrogen-bond donors (Lipinski definition) is 1. The predicted molar refractivity (Wildman–Crippen MR) is 82.0 cm³/mol. The van der Waals surface area contributed by atoms with Gasteiger partial charge in [-0.1, -0.05) is 6.42 Å². The smallest absolute Gasteiger partial charge is 0.178 e. The highest BCUT2D eigenvalue weighted by Crippen LogP contribution is 2.18. The minimum absolute atomic E-state index is 0.217. The molecule has 108 valence electrons. The Bertz CT molecular complexity index is 655. The molecule has 1 atom stereocenters. The fourth-order valence-electron chi connectivity index (χ4n) is 3.05. The molecule has 3 rings (SSSR count). The summed E-state index contributed by atoms with van der Waals surface area (Å²) in [5.74, 6) is -0.217. The van der Waals surface area contributed by atoms with Crippen molar-refractivity contribution in [3.05, 3.63) is 28.8 Å². The molecule has 0 aliphatic carbocycles. The van der Waals surface area contributed by atoms with Crippen LogP contribution in [0.5, 0.6) is 0 Å². The molecule has 2 heterocycles. The Morgan fingerprint density at radius 2 is 2.05 bits per heavy atom. The SMILES string of the molecule is CC(Cn1c(=S)[nH]c2ccc(F)cc21)N1CCCCC1. The first-order chi connectivity index (χ1) is 9.65. The maximum absolute atomic E-state index is 13.4. The first-order valence-corrected chi connectivity index (χ1v) is 7.68. The van der Waals surface area contributed by atoms with Gasteiger partial charge in [0, 0.05) is 12.6 Å². The number of H-pyrrole nitrogens is 1. The van der Waals surface area contributed by atoms with Crippen LogP contribution < -0.4 is 0 Å². The fraction of sp³-hybridized carbons (Fsp3) is 0.533. The van der Waals surface area contributed by atoms with Crippen LogP contribution >= 0.6 is 12.2 Å². The van der Waals surface area contributed by atoms with Crippen LogP contribution in [0.15, 0.2) is 18.2 Å². The maximum atomic E-state index is 13.4. The second-order valence-corrected chi connectivity index (χ2v) is 6.03. The number of rotatable bonds is 3. The molecule has 5 heteroatoms. The van der Waals surface area contributed by atoms with Gasteiger partial charge in [0.2, 0.25) is 0 Å². The monoisotopic (exact) mass is 293 g/mol. The lowest BCUT2D eigenvalue weighted by atomic mass is 10.1. The van der Waals surface area contributed by atoms with Crippen molar-refractivity contribution >= 4 is 23.3 Å². The normalized spacial score (nSPS) is 18.5. The number of nitrogens with zero attached hydrogens (tertiary/aromatic N) is 2. The Morgan fingerprint density at radius 3 is 2.80 bits per heavy atom. The van der Waals surface area contributed by atoms with Crippen molar-refractivity contribution in [3.63, 3.8) is 0 Å². The summed E-state index contributed by atoms with van der Waals surface area (Å²) in [6.07, 6.45) is 3.89. The van der Waals surface area contributed by atoms with Gasteiger partial charge < -0.3 is 9.55 Å². The summed E-state index contributed by atoms with van der Waals surface area (Å²) < 4.78 is 16.1. The summed E-state index contributed by atoms with van der Waals surface area (Å²) in [6.45, 7) is 5.35. The number of halogens is 1. The zero-order valence-electron chi connectivity index (χ0n) is 11.7. The van der Waals surface area contributed by atoms with Gasteiger partial charge in [-0.25, -0.2) is 4.39 Å². The summed E-state index contributed by atoms with van der Waals surface area (Å²) in [7, 11) is 0. The lowest BCUT2D eigenvalue weighted by molar-refractivity contribution is 0.160. The molecule has 1 N–H and O–H groups in total. The third kappa shape index (κ3) is 2.65. The number of imidazole rings is 1. The topological polar surface area (TPSA) is 24.0 Å². The highest BCUT2D eigenvalue weighted by atomic mass is 32.1. The van der Waals surface area contributed by atoms with Gasteiger partial charge in [-0.3, -0.25) is 4.90 Å². The molecule has 2 aromatic rings. The minimum atomic E-state index is -0.217. The van der Waals surface area contributed by atoms with E-state index < -0.39 is 0 Å². The van der Waals surface area contributed by atoms with E-state index in [9.17, 15) is 4.39 Å². The second kappa shape index (κ2) is 5.66. The molecular formula is C15H20FN3S. The zero-order valence-corrected chi connectivity index (χ0v) is 12.5. The van der Waals surface area contributed by atoms with Crippen LogP contribution in [-0.4, -0.2) is 33.6 Å². The molecule has 0 radical (unpaired) electrons. The standard InChI is InChI=1S/C15H20FN3S/c1-11(18-7-3-2-4-8-18)10-19-14-9-12(16)5-6-13(14)17-15(19)20/h5-6,9,11H,2-4,7-8,10H2,1H3,(H,17,20). The summed E-state index contributed by atoms with van der Waals surface area (Å²) in [4.78, 5) is 5.66. The molecule has 0 saturated carbocycles. The molecule has 1 aromatic heterocycles. The number of nitrogens with one attached hydrogen (secondary N) is 1. The second-order valence-electron chi connectivity index (χ2n) is 5.65. The van der Waals surface area contributed by atoms with Crippen LogP contribution in [0.4, 0.5) is 4.39 Å². The van der Waals surface area contributed by atoms with Gasteiger partial charge in [0.1, 0.15) is 5.82 Å². The van der Waals surface area contributed by atoms with Gasteiger partial charge in [-0.2, -0.15) is 0 Å². The number of aromatic nitrogens is 2. The van der Waals surface area contributed by atoms with Crippen LogP contribution in [0.2, 0.25) is 0 Å². The van der Waals surface area contributed by atoms with Crippen molar-refractivity contribution < 1.29 is 4.39 Å². The van der Waals surface area contributed by atoms with Crippen molar-refractivity contribution in [2.45, 2.75) is 38.8 Å². The van der Waals surface area contributed by atoms with E-state index in [1.165, 1.54) is 25.3 Å². The predicted octanol–water partition coefficient (Wildman–Crippen LogP) is 3.71. The molecule has 0 amide bonds. The van der Waals surface area contributed by atoms with E-state index in [-0.39, 0.29) is 5.82 Å². The summed E-state index contributed by atoms with van der Waals surface area (Å²) in [5.41, 5.74) is 1.76. The van der Waals surface area contributed by atoms with Gasteiger partial charge in [0.25, 0.3) is 0 Å². The van der Waals surface area contributed by atoms with Crippen molar-refractivity contribution in [1.82, 2.24) is 14.5 Å². The van der Waals surface area contributed by atoms with E-state index in [2.05, 4.69) is 16.8 Å². The third-order valence-electron chi connectivity index (χ3n) is 4.20. The summed E-state index contributed by atoms with van der Waals surface area (Å²) in [5, 5.41) is 0. The average molecular weight is 293 g/mol. The van der Waals surface area contributed by atoms with E-state index in [0.717, 1.165) is 30.7 Å². The van der Waals surface area contributed by atoms with E-state index in [4.69, 9.17) is 12.2 Å². The van der Waals surface area contributed by atoms with Crippen molar-refractivity contribution in [2.75, 3.05) is 13.1 Å². The van der Waals surface area contributed by atoms with Crippen LogP contribution in [-0.2, 0) is 6.54 Å². The van der Waals surface area contributed by atoms with Crippen molar-refractivity contribution in [3.8, 4) is 0 Å². The van der Waals surface area contributed by atoms with Gasteiger partial charge in [-0.05, 0) is 63.3 Å². The first kappa shape index (κ1) is 13.8.